The van der Waals surface area contributed by atoms with Gasteiger partial charge in [-0.2, -0.15) is 5.26 Å². The van der Waals surface area contributed by atoms with Crippen molar-refractivity contribution < 1.29 is 5.11 Å². The Balaban J connectivity index is 2.17. The molecule has 0 amide bonds. The molecule has 0 bridgehead atoms. The highest BCUT2D eigenvalue weighted by atomic mass is 16.2. The monoisotopic (exact) mass is 322 g/mol. The molecular weight excluding hydrogens is 296 g/mol. The summed E-state index contributed by atoms with van der Waals surface area (Å²) in [5, 5.41) is 22.2. The molecule has 0 saturated heterocycles. The summed E-state index contributed by atoms with van der Waals surface area (Å²) in [6.07, 6.45) is 1.64. The average Bonchev–Trinajstić information content (AvgIpc) is 2.63. The van der Waals surface area contributed by atoms with Gasteiger partial charge < -0.3 is 10.4 Å². The molecule has 2 rings (SSSR count). The molecule has 0 radical (unpaired) electrons. The highest BCUT2D eigenvalue weighted by Crippen LogP contribution is 2.27. The molecule has 0 heterocycles. The largest absolute Gasteiger partial charge is 0.396 e. The number of benzene rings is 2. The third kappa shape index (κ3) is 4.67. The van der Waals surface area contributed by atoms with Gasteiger partial charge >= 0.3 is 0 Å². The molecule has 0 aromatic heterocycles. The van der Waals surface area contributed by atoms with Crippen molar-refractivity contribution >= 4 is 0 Å². The second kappa shape index (κ2) is 8.63. The van der Waals surface area contributed by atoms with E-state index < -0.39 is 5.41 Å². The molecule has 0 saturated carbocycles. The highest BCUT2D eigenvalue weighted by Gasteiger charge is 2.23. The van der Waals surface area contributed by atoms with E-state index in [9.17, 15) is 5.26 Å². The predicted molar refractivity (Wildman–Crippen MR) is 97.4 cm³/mol. The van der Waals surface area contributed by atoms with Crippen molar-refractivity contribution in [3.63, 3.8) is 0 Å². The van der Waals surface area contributed by atoms with Gasteiger partial charge in [0.25, 0.3) is 0 Å². The molecule has 1 atom stereocenters. The summed E-state index contributed by atoms with van der Waals surface area (Å²) in [5.74, 6) is 0. The van der Waals surface area contributed by atoms with Crippen molar-refractivity contribution in [2.75, 3.05) is 6.61 Å². The van der Waals surface area contributed by atoms with Crippen LogP contribution in [0.15, 0.2) is 54.6 Å². The van der Waals surface area contributed by atoms with E-state index in [0.29, 0.717) is 6.54 Å². The molecule has 3 nitrogen and oxygen atoms in total. The van der Waals surface area contributed by atoms with Crippen LogP contribution in [0.25, 0.3) is 0 Å². The number of aliphatic hydroxyl groups is 1. The minimum atomic E-state index is -0.508. The topological polar surface area (TPSA) is 56.0 Å². The lowest BCUT2D eigenvalue weighted by Gasteiger charge is -2.23. The van der Waals surface area contributed by atoms with E-state index in [1.807, 2.05) is 50.2 Å². The molecule has 3 heteroatoms. The van der Waals surface area contributed by atoms with Gasteiger partial charge in [-0.1, -0.05) is 54.6 Å². The summed E-state index contributed by atoms with van der Waals surface area (Å²) in [4.78, 5) is 0. The molecule has 0 aliphatic heterocycles. The Bertz CT molecular complexity index is 674. The van der Waals surface area contributed by atoms with Crippen molar-refractivity contribution in [1.82, 2.24) is 5.32 Å². The fourth-order valence-corrected chi connectivity index (χ4v) is 2.94. The fourth-order valence-electron chi connectivity index (χ4n) is 2.94. The van der Waals surface area contributed by atoms with E-state index in [2.05, 4.69) is 29.6 Å². The first-order chi connectivity index (χ1) is 11.6. The Morgan fingerprint density at radius 1 is 1.08 bits per heavy atom. The molecule has 2 aromatic carbocycles. The molecule has 2 N–H and O–H groups in total. The van der Waals surface area contributed by atoms with Crippen molar-refractivity contribution in [3.8, 4) is 6.07 Å². The Kier molecular flexibility index (Phi) is 6.54. The van der Waals surface area contributed by atoms with Crippen LogP contribution in [-0.2, 0) is 12.0 Å². The van der Waals surface area contributed by atoms with Crippen LogP contribution in [0, 0.1) is 11.3 Å². The molecule has 0 spiro atoms. The summed E-state index contributed by atoms with van der Waals surface area (Å²) >= 11 is 0. The Morgan fingerprint density at radius 2 is 1.75 bits per heavy atom. The lowest BCUT2D eigenvalue weighted by molar-refractivity contribution is 0.275. The minimum absolute atomic E-state index is 0.191. The van der Waals surface area contributed by atoms with Gasteiger partial charge in [0.2, 0.25) is 0 Å². The first-order valence-corrected chi connectivity index (χ1v) is 8.47. The van der Waals surface area contributed by atoms with Gasteiger partial charge in [0.15, 0.2) is 0 Å². The first-order valence-electron chi connectivity index (χ1n) is 8.47. The third-order valence-corrected chi connectivity index (χ3v) is 4.36. The fraction of sp³-hybridized carbons (Fsp3) is 0.381. The van der Waals surface area contributed by atoms with Crippen LogP contribution in [0.1, 0.15) is 49.4 Å². The summed E-state index contributed by atoms with van der Waals surface area (Å²) in [6.45, 7) is 4.80. The number of aliphatic hydroxyl groups excluding tert-OH is 1. The van der Waals surface area contributed by atoms with Crippen LogP contribution in [0.2, 0.25) is 0 Å². The van der Waals surface area contributed by atoms with Crippen molar-refractivity contribution in [1.29, 1.82) is 5.26 Å². The summed E-state index contributed by atoms with van der Waals surface area (Å²) in [7, 11) is 0. The Labute approximate surface area is 145 Å². The lowest BCUT2D eigenvalue weighted by atomic mass is 9.83. The van der Waals surface area contributed by atoms with Crippen molar-refractivity contribution in [2.45, 2.75) is 44.7 Å². The molecule has 2 aromatic rings. The zero-order valence-electron chi connectivity index (χ0n) is 14.5. The maximum Gasteiger partial charge on any atom is 0.0769 e. The van der Waals surface area contributed by atoms with Gasteiger partial charge in [0.1, 0.15) is 0 Å². The van der Waals surface area contributed by atoms with Crippen LogP contribution in [-0.4, -0.2) is 11.7 Å². The molecular formula is C21H26N2O. The number of nitriles is 1. The van der Waals surface area contributed by atoms with Crippen molar-refractivity contribution in [3.05, 3.63) is 71.3 Å². The smallest absolute Gasteiger partial charge is 0.0769 e. The van der Waals surface area contributed by atoms with Crippen LogP contribution in [0.4, 0.5) is 0 Å². The average molecular weight is 322 g/mol. The standard InChI is InChI=1S/C21H26N2O/c1-21(2,16-22)19-12-7-6-11-18(19)15-23-20(13-8-14-24)17-9-4-3-5-10-17/h3-7,9-12,20,23-24H,8,13-15H2,1-2H3. The molecule has 0 aliphatic carbocycles. The van der Waals surface area contributed by atoms with Crippen LogP contribution in [0.3, 0.4) is 0 Å². The second-order valence-corrected chi connectivity index (χ2v) is 6.60. The second-order valence-electron chi connectivity index (χ2n) is 6.60. The van der Waals surface area contributed by atoms with Gasteiger partial charge in [-0.05, 0) is 43.4 Å². The Hall–Kier alpha value is -2.15. The number of nitrogens with one attached hydrogen (secondary N) is 1. The van der Waals surface area contributed by atoms with E-state index >= 15 is 0 Å². The number of nitrogens with zero attached hydrogens (tertiary/aromatic N) is 1. The van der Waals surface area contributed by atoms with E-state index in [1.165, 1.54) is 5.56 Å². The number of rotatable bonds is 8. The van der Waals surface area contributed by atoms with Gasteiger partial charge in [0.05, 0.1) is 11.5 Å². The molecule has 0 fully saturated rings. The zero-order valence-corrected chi connectivity index (χ0v) is 14.5. The quantitative estimate of drug-likeness (QED) is 0.769. The normalized spacial score (nSPS) is 12.6. The van der Waals surface area contributed by atoms with E-state index in [4.69, 9.17) is 5.11 Å². The predicted octanol–water partition coefficient (Wildman–Crippen LogP) is 4.09. The number of hydrogen-bond donors (Lipinski definition) is 2. The van der Waals surface area contributed by atoms with Crippen molar-refractivity contribution in [2.24, 2.45) is 0 Å². The summed E-state index contributed by atoms with van der Waals surface area (Å²) < 4.78 is 0. The SMILES string of the molecule is CC(C)(C#N)c1ccccc1CNC(CCCO)c1ccccc1. The van der Waals surface area contributed by atoms with Crippen LogP contribution in [0.5, 0.6) is 0 Å². The number of hydrogen-bond acceptors (Lipinski definition) is 3. The van der Waals surface area contributed by atoms with Gasteiger partial charge in [-0.25, -0.2) is 0 Å². The summed E-state index contributed by atoms with van der Waals surface area (Å²) in [5.41, 5.74) is 2.93. The zero-order chi connectivity index (χ0) is 17.4. The van der Waals surface area contributed by atoms with Gasteiger partial charge in [-0.3, -0.25) is 0 Å². The lowest BCUT2D eigenvalue weighted by Crippen LogP contribution is -2.24. The molecule has 1 unspecified atom stereocenters. The summed E-state index contributed by atoms with van der Waals surface area (Å²) in [6, 6.07) is 21.0. The first kappa shape index (κ1) is 18.2. The van der Waals surface area contributed by atoms with Gasteiger partial charge in [-0.15, -0.1) is 0 Å². The van der Waals surface area contributed by atoms with E-state index in [1.54, 1.807) is 0 Å². The van der Waals surface area contributed by atoms with Crippen LogP contribution >= 0.6 is 0 Å². The maximum absolute atomic E-state index is 9.45. The van der Waals surface area contributed by atoms with E-state index in [-0.39, 0.29) is 12.6 Å². The third-order valence-electron chi connectivity index (χ3n) is 4.36. The molecule has 126 valence electrons. The van der Waals surface area contributed by atoms with E-state index in [0.717, 1.165) is 24.0 Å². The molecule has 24 heavy (non-hydrogen) atoms. The maximum atomic E-state index is 9.45. The van der Waals surface area contributed by atoms with Gasteiger partial charge in [0, 0.05) is 19.2 Å². The molecule has 0 aliphatic rings. The van der Waals surface area contributed by atoms with Crippen LogP contribution < -0.4 is 5.32 Å². The minimum Gasteiger partial charge on any atom is -0.396 e. The Morgan fingerprint density at radius 3 is 2.42 bits per heavy atom. The highest BCUT2D eigenvalue weighted by molar-refractivity contribution is 5.37.